The summed E-state index contributed by atoms with van der Waals surface area (Å²) < 4.78 is 35.6. The third-order valence-corrected chi connectivity index (χ3v) is 9.31. The Labute approximate surface area is 235 Å². The summed E-state index contributed by atoms with van der Waals surface area (Å²) in [5.41, 5.74) is 0.425. The van der Waals surface area contributed by atoms with Gasteiger partial charge in [-0.25, -0.2) is 18.7 Å². The number of rotatable bonds is 5. The number of fused-ring (bicyclic) bond motifs is 5. The van der Waals surface area contributed by atoms with Gasteiger partial charge < -0.3 is 20.1 Å². The first-order valence-electron chi connectivity index (χ1n) is 14.4. The van der Waals surface area contributed by atoms with Crippen molar-refractivity contribution in [2.45, 2.75) is 55.9 Å². The van der Waals surface area contributed by atoms with Crippen LogP contribution in [0.2, 0.25) is 0 Å². The average molecular weight is 560 g/mol. The molecule has 212 valence electrons. The topological polar surface area (TPSA) is 99.5 Å². The van der Waals surface area contributed by atoms with Crippen LogP contribution in [0.4, 0.5) is 14.6 Å². The van der Waals surface area contributed by atoms with Crippen LogP contribution in [-0.4, -0.2) is 86.5 Å². The summed E-state index contributed by atoms with van der Waals surface area (Å²) in [7, 11) is 0. The second-order valence-corrected chi connectivity index (χ2v) is 12.0. The maximum atomic E-state index is 15.0. The standard InChI is InChI=1S/C30H31F2N7O2/c31-18-11-30(7-2-8-39(30)13-18)16-41-29-36-27-23(28(37-29)38-14-19-5-6-20(15-38)34-19)12-33-26(35-27)22-10-21(40)9-17-3-1-4-24(32)25(17)22/h1,3-4,9-10,12,18-20,34,40H,2,5-8,11,13-16H2/t18-,19?,20?,30+/m1/s1. The number of piperazine rings is 1. The highest BCUT2D eigenvalue weighted by atomic mass is 19.1. The highest BCUT2D eigenvalue weighted by Crippen LogP contribution is 2.41. The summed E-state index contributed by atoms with van der Waals surface area (Å²) in [6.45, 7) is 3.23. The summed E-state index contributed by atoms with van der Waals surface area (Å²) in [5, 5.41) is 15.6. The minimum atomic E-state index is -0.851. The van der Waals surface area contributed by atoms with Crippen LogP contribution in [-0.2, 0) is 0 Å². The average Bonchev–Trinajstić information content (AvgIpc) is 3.61. The molecule has 9 nitrogen and oxygen atoms in total. The molecule has 0 aliphatic carbocycles. The number of halogens is 2. The number of hydrogen-bond donors (Lipinski definition) is 2. The van der Waals surface area contributed by atoms with E-state index in [1.165, 1.54) is 18.2 Å². The summed E-state index contributed by atoms with van der Waals surface area (Å²) in [6.07, 6.45) is 5.43. The van der Waals surface area contributed by atoms with Crippen LogP contribution >= 0.6 is 0 Å². The molecule has 2 bridgehead atoms. The van der Waals surface area contributed by atoms with Crippen LogP contribution in [0.15, 0.2) is 36.5 Å². The van der Waals surface area contributed by atoms with Gasteiger partial charge in [-0.05, 0) is 55.8 Å². The van der Waals surface area contributed by atoms with Crippen molar-refractivity contribution in [1.82, 2.24) is 30.2 Å². The van der Waals surface area contributed by atoms with Gasteiger partial charge in [-0.1, -0.05) is 12.1 Å². The predicted octanol–water partition coefficient (Wildman–Crippen LogP) is 3.98. The third kappa shape index (κ3) is 4.25. The van der Waals surface area contributed by atoms with E-state index in [1.807, 2.05) is 0 Å². The molecule has 2 N–H and O–H groups in total. The second kappa shape index (κ2) is 9.42. The fraction of sp³-hybridized carbons (Fsp3) is 0.467. The Kier molecular flexibility index (Phi) is 5.75. The van der Waals surface area contributed by atoms with E-state index in [-0.39, 0.29) is 23.1 Å². The summed E-state index contributed by atoms with van der Waals surface area (Å²) in [6, 6.07) is 8.68. The number of benzene rings is 2. The summed E-state index contributed by atoms with van der Waals surface area (Å²) >= 11 is 0. The Morgan fingerprint density at radius 1 is 1.10 bits per heavy atom. The Balaban J connectivity index is 1.23. The molecule has 4 aromatic rings. The quantitative estimate of drug-likeness (QED) is 0.376. The van der Waals surface area contributed by atoms with Gasteiger partial charge in [-0.2, -0.15) is 9.97 Å². The highest BCUT2D eigenvalue weighted by molar-refractivity contribution is 5.98. The number of phenols is 1. The van der Waals surface area contributed by atoms with E-state index < -0.39 is 12.0 Å². The zero-order valence-electron chi connectivity index (χ0n) is 22.6. The molecule has 41 heavy (non-hydrogen) atoms. The van der Waals surface area contributed by atoms with Crippen LogP contribution in [0.3, 0.4) is 0 Å². The molecule has 0 saturated carbocycles. The fourth-order valence-corrected chi connectivity index (χ4v) is 7.48. The molecule has 4 atom stereocenters. The Morgan fingerprint density at radius 2 is 1.95 bits per heavy atom. The zero-order chi connectivity index (χ0) is 27.7. The van der Waals surface area contributed by atoms with E-state index in [0.29, 0.717) is 64.8 Å². The molecule has 4 aliphatic heterocycles. The molecule has 4 aliphatic rings. The lowest BCUT2D eigenvalue weighted by atomic mass is 9.95. The molecule has 2 aromatic heterocycles. The predicted molar refractivity (Wildman–Crippen MR) is 150 cm³/mol. The number of nitrogens with one attached hydrogen (secondary N) is 1. The lowest BCUT2D eigenvalue weighted by Crippen LogP contribution is -2.51. The van der Waals surface area contributed by atoms with E-state index >= 15 is 0 Å². The number of hydrogen-bond acceptors (Lipinski definition) is 9. The van der Waals surface area contributed by atoms with E-state index in [1.54, 1.807) is 18.3 Å². The molecule has 11 heteroatoms. The van der Waals surface area contributed by atoms with Gasteiger partial charge in [0.2, 0.25) is 0 Å². The van der Waals surface area contributed by atoms with E-state index in [0.717, 1.165) is 45.3 Å². The number of aromatic hydroxyl groups is 1. The number of nitrogens with zero attached hydrogens (tertiary/aromatic N) is 6. The van der Waals surface area contributed by atoms with Gasteiger partial charge in [0.25, 0.3) is 0 Å². The first-order valence-corrected chi connectivity index (χ1v) is 14.4. The first-order chi connectivity index (χ1) is 19.9. The van der Waals surface area contributed by atoms with Crippen molar-refractivity contribution in [3.63, 3.8) is 0 Å². The molecular formula is C30H31F2N7O2. The Hall–Kier alpha value is -3.70. The lowest BCUT2D eigenvalue weighted by Gasteiger charge is -2.34. The van der Waals surface area contributed by atoms with Crippen molar-refractivity contribution in [2.75, 3.05) is 37.7 Å². The van der Waals surface area contributed by atoms with Crippen molar-refractivity contribution in [3.05, 3.63) is 42.3 Å². The van der Waals surface area contributed by atoms with Crippen LogP contribution in [0.5, 0.6) is 11.8 Å². The summed E-state index contributed by atoms with van der Waals surface area (Å²) in [4.78, 5) is 23.4. The molecule has 4 saturated heterocycles. The Morgan fingerprint density at radius 3 is 2.80 bits per heavy atom. The van der Waals surface area contributed by atoms with E-state index in [9.17, 15) is 13.9 Å². The monoisotopic (exact) mass is 559 g/mol. The smallest absolute Gasteiger partial charge is 0.320 e. The minimum Gasteiger partial charge on any atom is -0.508 e. The Bertz CT molecular complexity index is 1660. The fourth-order valence-electron chi connectivity index (χ4n) is 7.48. The van der Waals surface area contributed by atoms with Gasteiger partial charge >= 0.3 is 6.01 Å². The van der Waals surface area contributed by atoms with E-state index in [4.69, 9.17) is 19.7 Å². The molecule has 2 aromatic carbocycles. The molecule has 0 radical (unpaired) electrons. The van der Waals surface area contributed by atoms with Crippen molar-refractivity contribution in [1.29, 1.82) is 0 Å². The highest BCUT2D eigenvalue weighted by Gasteiger charge is 2.49. The summed E-state index contributed by atoms with van der Waals surface area (Å²) in [5.74, 6) is 0.523. The van der Waals surface area contributed by atoms with Crippen LogP contribution in [0, 0.1) is 5.82 Å². The van der Waals surface area contributed by atoms with Crippen LogP contribution in [0.25, 0.3) is 33.2 Å². The van der Waals surface area contributed by atoms with Gasteiger partial charge in [0.1, 0.15) is 30.2 Å². The molecule has 8 rings (SSSR count). The number of aromatic nitrogens is 4. The second-order valence-electron chi connectivity index (χ2n) is 12.0. The van der Waals surface area contributed by atoms with Crippen molar-refractivity contribution in [2.24, 2.45) is 0 Å². The number of ether oxygens (including phenoxy) is 1. The SMILES string of the molecule is Oc1cc(-c2ncc3c(N4CC5CCC(C4)N5)nc(OC[C@@]45CCCN4C[C@H](F)C5)nc3n2)c2c(F)cccc2c1. The number of anilines is 1. The number of alkyl halides is 1. The van der Waals surface area contributed by atoms with Gasteiger partial charge in [0.15, 0.2) is 11.5 Å². The van der Waals surface area contributed by atoms with Crippen molar-refractivity contribution < 1.29 is 18.6 Å². The number of phenolic OH excluding ortho intramolecular Hbond substituents is 1. The molecule has 0 amide bonds. The van der Waals surface area contributed by atoms with Gasteiger partial charge in [0.05, 0.1) is 10.9 Å². The molecule has 2 unspecified atom stereocenters. The lowest BCUT2D eigenvalue weighted by molar-refractivity contribution is 0.107. The normalized spacial score (nSPS) is 27.7. The zero-order valence-corrected chi connectivity index (χ0v) is 22.6. The molecule has 4 fully saturated rings. The largest absolute Gasteiger partial charge is 0.508 e. The molecule has 6 heterocycles. The van der Waals surface area contributed by atoms with Gasteiger partial charge in [-0.15, -0.1) is 0 Å². The van der Waals surface area contributed by atoms with E-state index in [2.05, 4.69) is 20.1 Å². The third-order valence-electron chi connectivity index (χ3n) is 9.31. The van der Waals surface area contributed by atoms with Crippen molar-refractivity contribution in [3.8, 4) is 23.1 Å². The first kappa shape index (κ1) is 25.0. The molecule has 0 spiro atoms. The maximum absolute atomic E-state index is 15.0. The van der Waals surface area contributed by atoms with Gasteiger partial charge in [0, 0.05) is 55.3 Å². The minimum absolute atomic E-state index is 0.00593. The van der Waals surface area contributed by atoms with Crippen molar-refractivity contribution >= 4 is 27.6 Å². The maximum Gasteiger partial charge on any atom is 0.320 e. The van der Waals surface area contributed by atoms with Crippen LogP contribution in [0.1, 0.15) is 32.1 Å². The molecular weight excluding hydrogens is 528 g/mol. The van der Waals surface area contributed by atoms with Crippen LogP contribution < -0.4 is 15.0 Å². The van der Waals surface area contributed by atoms with Gasteiger partial charge in [-0.3, -0.25) is 4.90 Å².